The van der Waals surface area contributed by atoms with Crippen LogP contribution in [-0.2, 0) is 26.2 Å². The summed E-state index contributed by atoms with van der Waals surface area (Å²) in [7, 11) is 0.750. The molecule has 0 aliphatic heterocycles. The third-order valence-corrected chi connectivity index (χ3v) is 5.05. The van der Waals surface area contributed by atoms with Gasteiger partial charge in [0, 0.05) is 9.52 Å². The van der Waals surface area contributed by atoms with E-state index < -0.39 is 0 Å². The molecule has 0 amide bonds. The van der Waals surface area contributed by atoms with Crippen molar-refractivity contribution >= 4 is 52.6 Å². The first-order chi connectivity index (χ1) is 14.3. The predicted octanol–water partition coefficient (Wildman–Crippen LogP) is 7.94. The molecule has 6 aromatic rings. The van der Waals surface area contributed by atoms with E-state index in [0.717, 1.165) is 9.52 Å². The molecule has 30 heavy (non-hydrogen) atoms. The van der Waals surface area contributed by atoms with E-state index in [2.05, 4.69) is 122 Å². The number of hydrogen-bond acceptors (Lipinski definition) is 0. The maximum absolute atomic E-state index is 2.24. The van der Waals surface area contributed by atoms with Crippen LogP contribution in [-0.4, -0.2) is 9.52 Å². The fourth-order valence-electron chi connectivity index (χ4n) is 3.81. The van der Waals surface area contributed by atoms with E-state index >= 15 is 0 Å². The van der Waals surface area contributed by atoms with Gasteiger partial charge in [-0.3, -0.25) is 0 Å². The van der Waals surface area contributed by atoms with Crippen LogP contribution in [0.1, 0.15) is 0 Å². The molecule has 0 aromatic heterocycles. The summed E-state index contributed by atoms with van der Waals surface area (Å²) in [6, 6.07) is 38.5. The molecule has 6 aromatic carbocycles. The molecule has 2 heteroatoms. The Labute approximate surface area is 200 Å². The predicted molar refractivity (Wildman–Crippen MR) is 133 cm³/mol. The summed E-state index contributed by atoms with van der Waals surface area (Å²) in [6.45, 7) is 4.42. The second-order valence-electron chi connectivity index (χ2n) is 7.22. The summed E-state index contributed by atoms with van der Waals surface area (Å²) in [5.74, 6) is 0. The van der Waals surface area contributed by atoms with Crippen molar-refractivity contribution in [1.82, 2.24) is 0 Å². The number of fused-ring (bicyclic) bond motifs is 6. The summed E-state index contributed by atoms with van der Waals surface area (Å²) in [4.78, 5) is 0. The largest absolute Gasteiger partial charge is 2.00 e. The molecule has 0 spiro atoms. The topological polar surface area (TPSA) is 0 Å². The van der Waals surface area contributed by atoms with Gasteiger partial charge in [0.05, 0.1) is 0 Å². The summed E-state index contributed by atoms with van der Waals surface area (Å²) in [5.41, 5.74) is 0. The van der Waals surface area contributed by atoms with Crippen LogP contribution in [0.4, 0.5) is 0 Å². The van der Waals surface area contributed by atoms with Crippen molar-refractivity contribution in [1.29, 1.82) is 0 Å². The summed E-state index contributed by atoms with van der Waals surface area (Å²) in [6.07, 6.45) is 0. The normalized spacial score (nSPS) is 10.2. The quantitative estimate of drug-likeness (QED) is 0.153. The SMILES string of the molecule is C[SiH]C.[Zr+2].c1ccc2c(c1)[cH-]c1ccccc12.c1ccc2c(c1)[cH-]c1ccccc12. The van der Waals surface area contributed by atoms with E-state index in [9.17, 15) is 0 Å². The van der Waals surface area contributed by atoms with Crippen molar-refractivity contribution in [3.63, 3.8) is 0 Å². The molecule has 0 heterocycles. The monoisotopic (exact) mass is 479 g/mol. The van der Waals surface area contributed by atoms with Crippen LogP contribution in [0.2, 0.25) is 13.1 Å². The molecule has 0 saturated carbocycles. The zero-order chi connectivity index (χ0) is 20.1. The van der Waals surface area contributed by atoms with Gasteiger partial charge in [-0.25, -0.2) is 0 Å². The van der Waals surface area contributed by atoms with E-state index in [-0.39, 0.29) is 26.2 Å². The molecule has 0 fully saturated rings. The smallest absolute Gasteiger partial charge is 0.126 e. The second kappa shape index (κ2) is 10.7. The first-order valence-corrected chi connectivity index (χ1v) is 12.4. The number of hydrogen-bond donors (Lipinski definition) is 0. The van der Waals surface area contributed by atoms with Gasteiger partial charge in [0.15, 0.2) is 0 Å². The van der Waals surface area contributed by atoms with Crippen LogP contribution >= 0.6 is 0 Å². The fourth-order valence-corrected chi connectivity index (χ4v) is 3.81. The minimum Gasteiger partial charge on any atom is -0.126 e. The fraction of sp³-hybridized carbons (Fsp3) is 0.0714. The van der Waals surface area contributed by atoms with Crippen LogP contribution in [0.3, 0.4) is 0 Å². The van der Waals surface area contributed by atoms with Gasteiger partial charge in [-0.05, 0) is 0 Å². The van der Waals surface area contributed by atoms with Crippen LogP contribution < -0.4 is 0 Å². The molecule has 145 valence electrons. The van der Waals surface area contributed by atoms with Gasteiger partial charge in [-0.1, -0.05) is 85.9 Å². The van der Waals surface area contributed by atoms with Gasteiger partial charge in [0.25, 0.3) is 0 Å². The zero-order valence-electron chi connectivity index (χ0n) is 17.5. The van der Waals surface area contributed by atoms with E-state index in [0.29, 0.717) is 0 Å². The summed E-state index contributed by atoms with van der Waals surface area (Å²) < 4.78 is 0. The Kier molecular flexibility index (Phi) is 7.96. The molecule has 6 rings (SSSR count). The maximum Gasteiger partial charge on any atom is 2.00 e. The Morgan fingerprint density at radius 3 is 0.867 bits per heavy atom. The van der Waals surface area contributed by atoms with E-state index in [1.54, 1.807) is 0 Å². The number of benzene rings is 4. The third kappa shape index (κ3) is 4.72. The van der Waals surface area contributed by atoms with Gasteiger partial charge >= 0.3 is 26.2 Å². The second-order valence-corrected chi connectivity index (χ2v) is 8.37. The Morgan fingerprint density at radius 1 is 0.433 bits per heavy atom. The van der Waals surface area contributed by atoms with Crippen LogP contribution in [0.25, 0.3) is 43.1 Å². The first-order valence-electron chi connectivity index (χ1n) is 10.1. The Hall–Kier alpha value is -2.28. The Morgan fingerprint density at radius 2 is 0.633 bits per heavy atom. The molecule has 0 unspecified atom stereocenters. The van der Waals surface area contributed by atoms with Crippen molar-refractivity contribution in [2.45, 2.75) is 13.1 Å². The molecule has 0 atom stereocenters. The molecule has 1 radical (unpaired) electrons. The molecule has 0 nitrogen and oxygen atoms in total. The van der Waals surface area contributed by atoms with Crippen molar-refractivity contribution in [3.05, 3.63) is 109 Å². The van der Waals surface area contributed by atoms with Crippen molar-refractivity contribution in [3.8, 4) is 0 Å². The average Bonchev–Trinajstić information content (AvgIpc) is 3.33. The van der Waals surface area contributed by atoms with Gasteiger partial charge in [-0.2, -0.15) is 0 Å². The van der Waals surface area contributed by atoms with Crippen molar-refractivity contribution in [2.24, 2.45) is 0 Å². The molecule has 0 N–H and O–H groups in total. The van der Waals surface area contributed by atoms with E-state index in [1.165, 1.54) is 43.1 Å². The molecular formula is C28H25SiZr. The Balaban J connectivity index is 0.000000147. The molecular weight excluding hydrogens is 456 g/mol. The van der Waals surface area contributed by atoms with Crippen LogP contribution in [0, 0.1) is 0 Å². The molecule has 0 aliphatic carbocycles. The molecule has 0 saturated heterocycles. The molecule has 0 aliphatic rings. The first kappa shape index (κ1) is 22.4. The summed E-state index contributed by atoms with van der Waals surface area (Å²) in [5, 5.41) is 10.8. The summed E-state index contributed by atoms with van der Waals surface area (Å²) >= 11 is 0. The number of rotatable bonds is 0. The van der Waals surface area contributed by atoms with Gasteiger partial charge in [-0.15, -0.1) is 79.5 Å². The van der Waals surface area contributed by atoms with E-state index in [4.69, 9.17) is 0 Å². The third-order valence-electron chi connectivity index (χ3n) is 5.05. The van der Waals surface area contributed by atoms with Crippen LogP contribution in [0.15, 0.2) is 109 Å². The minimum atomic E-state index is 0. The Bertz CT molecular complexity index is 1150. The average molecular weight is 481 g/mol. The van der Waals surface area contributed by atoms with Crippen molar-refractivity contribution < 1.29 is 26.2 Å². The standard InChI is InChI=1S/2C13H9.C2H7Si.Zr/c2*1-3-7-12-10(5-1)9-11-6-2-4-8-13(11)12;1-3-2;/h2*1-9H;3H,1-2H3;/q2*-1;;+2. The van der Waals surface area contributed by atoms with Gasteiger partial charge < -0.3 is 0 Å². The van der Waals surface area contributed by atoms with Gasteiger partial charge in [0.1, 0.15) is 0 Å². The zero-order valence-corrected chi connectivity index (χ0v) is 21.1. The van der Waals surface area contributed by atoms with Gasteiger partial charge in [0.2, 0.25) is 0 Å². The van der Waals surface area contributed by atoms with Crippen LogP contribution in [0.5, 0.6) is 0 Å². The van der Waals surface area contributed by atoms with Crippen molar-refractivity contribution in [2.75, 3.05) is 0 Å². The minimum absolute atomic E-state index is 0. The molecule has 0 bridgehead atoms. The van der Waals surface area contributed by atoms with E-state index in [1.807, 2.05) is 0 Å². The maximum atomic E-state index is 2.24.